The van der Waals surface area contributed by atoms with Crippen LogP contribution in [0.4, 0.5) is 11.5 Å². The largest absolute Gasteiger partial charge is 0.316 e. The molecule has 4 aliphatic rings. The van der Waals surface area contributed by atoms with E-state index in [1.807, 2.05) is 67.4 Å². The van der Waals surface area contributed by atoms with Crippen LogP contribution >= 0.6 is 0 Å². The molecule has 7 heteroatoms. The number of fused-ring (bicyclic) bond motifs is 5. The van der Waals surface area contributed by atoms with Crippen LogP contribution in [0.1, 0.15) is 31.5 Å². The topological polar surface area (TPSA) is 79.5 Å². The third-order valence-corrected chi connectivity index (χ3v) is 9.87. The molecule has 7 nitrogen and oxygen atoms in total. The molecule has 47 heavy (non-hydrogen) atoms. The van der Waals surface area contributed by atoms with Gasteiger partial charge in [-0.1, -0.05) is 49.4 Å². The Morgan fingerprint density at radius 2 is 1.64 bits per heavy atom. The number of anilines is 2. The van der Waals surface area contributed by atoms with Gasteiger partial charge in [-0.05, 0) is 85.2 Å². The van der Waals surface area contributed by atoms with E-state index in [1.165, 1.54) is 5.56 Å². The van der Waals surface area contributed by atoms with Crippen LogP contribution in [-0.2, 0) is 5.54 Å². The third-order valence-electron chi connectivity index (χ3n) is 9.87. The molecule has 4 aromatic heterocycles. The maximum Gasteiger partial charge on any atom is 0.133 e. The predicted octanol–water partition coefficient (Wildman–Crippen LogP) is 6.33. The van der Waals surface area contributed by atoms with Crippen molar-refractivity contribution in [3.63, 3.8) is 0 Å². The molecule has 0 saturated carbocycles. The molecule has 226 valence electrons. The second-order valence-electron chi connectivity index (χ2n) is 12.8. The molecule has 0 amide bonds. The molecular formula is C40H31N7. The number of pyridine rings is 4. The Labute approximate surface area is 272 Å². The van der Waals surface area contributed by atoms with Gasteiger partial charge in [-0.2, -0.15) is 0 Å². The highest BCUT2D eigenvalue weighted by Gasteiger charge is 2.48. The van der Waals surface area contributed by atoms with Crippen molar-refractivity contribution in [2.45, 2.75) is 31.8 Å². The van der Waals surface area contributed by atoms with Gasteiger partial charge in [0.1, 0.15) is 11.4 Å². The normalized spacial score (nSPS) is 23.4. The van der Waals surface area contributed by atoms with Gasteiger partial charge in [0.2, 0.25) is 0 Å². The molecular weight excluding hydrogens is 578 g/mol. The van der Waals surface area contributed by atoms with Crippen molar-refractivity contribution in [1.29, 1.82) is 0 Å². The molecule has 0 saturated heterocycles. The minimum absolute atomic E-state index is 0.0455. The Bertz CT molecular complexity index is 2320. The molecule has 0 radical (unpaired) electrons. The molecule has 0 fully saturated rings. The van der Waals surface area contributed by atoms with Gasteiger partial charge in [-0.3, -0.25) is 20.0 Å². The number of benzene rings is 1. The lowest BCUT2D eigenvalue weighted by Crippen LogP contribution is -2.41. The average molecular weight is 610 g/mol. The van der Waals surface area contributed by atoms with Crippen LogP contribution in [0.3, 0.4) is 0 Å². The summed E-state index contributed by atoms with van der Waals surface area (Å²) in [5, 5.41) is 1.98. The van der Waals surface area contributed by atoms with Crippen molar-refractivity contribution in [2.24, 2.45) is 15.4 Å². The SMILES string of the molecule is CC12C=CC=NC1=c1ncccc1=C(c1cc(-c3ccc(N4c5ccccc5C5(C)N=CC=CC45)nc3)cc(-c3ccccn3)n1)C2. The number of dihydropyridines is 2. The van der Waals surface area contributed by atoms with Crippen LogP contribution in [0.15, 0.2) is 132 Å². The quantitative estimate of drug-likeness (QED) is 0.238. The molecule has 0 N–H and O–H groups in total. The van der Waals surface area contributed by atoms with Gasteiger partial charge in [0.25, 0.3) is 0 Å². The summed E-state index contributed by atoms with van der Waals surface area (Å²) in [5.74, 6) is 0.887. The number of allylic oxidation sites excluding steroid dienone is 2. The van der Waals surface area contributed by atoms with Crippen molar-refractivity contribution in [2.75, 3.05) is 4.90 Å². The third kappa shape index (κ3) is 4.27. The van der Waals surface area contributed by atoms with E-state index in [9.17, 15) is 0 Å². The number of aromatic nitrogens is 4. The van der Waals surface area contributed by atoms with Gasteiger partial charge in [-0.25, -0.2) is 9.97 Å². The van der Waals surface area contributed by atoms with Crippen LogP contribution in [0.5, 0.6) is 0 Å². The lowest BCUT2D eigenvalue weighted by atomic mass is 9.74. The van der Waals surface area contributed by atoms with E-state index in [1.54, 1.807) is 0 Å². The molecule has 9 rings (SSSR count). The lowest BCUT2D eigenvalue weighted by Gasteiger charge is -2.33. The number of nitrogens with zero attached hydrogens (tertiary/aromatic N) is 7. The second kappa shape index (κ2) is 10.4. The van der Waals surface area contributed by atoms with Crippen molar-refractivity contribution in [3.05, 3.63) is 144 Å². The molecule has 5 aromatic rings. The first-order valence-corrected chi connectivity index (χ1v) is 15.9. The van der Waals surface area contributed by atoms with Gasteiger partial charge in [0.05, 0.1) is 34.2 Å². The van der Waals surface area contributed by atoms with Gasteiger partial charge in [-0.15, -0.1) is 0 Å². The maximum absolute atomic E-state index is 5.23. The van der Waals surface area contributed by atoms with E-state index in [2.05, 4.69) is 90.5 Å². The zero-order valence-corrected chi connectivity index (χ0v) is 26.1. The fraction of sp³-hybridized carbons (Fsp3) is 0.150. The number of aliphatic imine (C=N–C) groups is 2. The van der Waals surface area contributed by atoms with E-state index >= 15 is 0 Å². The molecule has 1 aromatic carbocycles. The first kappa shape index (κ1) is 27.5. The highest BCUT2D eigenvalue weighted by Crippen LogP contribution is 2.50. The standard InChI is InChI=1S/C40H31N7/c1-39-17-9-20-43-38(39)37-28(10-7-19-42-37)29(24-39)32-22-27(23-33(46-32)31-12-5-6-18-41-31)26-15-16-36(44-25-26)47-34-13-4-3-11-30(34)40(2)35(47)14-8-21-45-40/h3-23,25,35H,24H2,1-2H3. The smallest absolute Gasteiger partial charge is 0.133 e. The van der Waals surface area contributed by atoms with E-state index in [-0.39, 0.29) is 17.0 Å². The molecule has 3 unspecified atom stereocenters. The number of hydrogen-bond donors (Lipinski definition) is 0. The van der Waals surface area contributed by atoms with Crippen molar-refractivity contribution in [1.82, 2.24) is 19.9 Å². The van der Waals surface area contributed by atoms with Gasteiger partial charge < -0.3 is 4.90 Å². The Hall–Kier alpha value is -5.82. The van der Waals surface area contributed by atoms with E-state index in [0.29, 0.717) is 0 Å². The van der Waals surface area contributed by atoms with Gasteiger partial charge in [0, 0.05) is 58.5 Å². The molecule has 1 aliphatic carbocycles. The monoisotopic (exact) mass is 609 g/mol. The van der Waals surface area contributed by atoms with Gasteiger partial charge in [0.15, 0.2) is 0 Å². The van der Waals surface area contributed by atoms with E-state index in [4.69, 9.17) is 24.9 Å². The highest BCUT2D eigenvalue weighted by molar-refractivity contribution is 5.85. The lowest BCUT2D eigenvalue weighted by molar-refractivity contribution is 0.468. The number of para-hydroxylation sites is 1. The number of rotatable bonds is 4. The van der Waals surface area contributed by atoms with Crippen LogP contribution in [0.2, 0.25) is 0 Å². The number of hydrogen-bond acceptors (Lipinski definition) is 7. The maximum atomic E-state index is 5.23. The van der Waals surface area contributed by atoms with Crippen molar-refractivity contribution >= 4 is 35.2 Å². The Balaban J connectivity index is 1.19. The van der Waals surface area contributed by atoms with Crippen molar-refractivity contribution < 1.29 is 0 Å². The minimum atomic E-state index is -0.363. The second-order valence-corrected chi connectivity index (χ2v) is 12.8. The highest BCUT2D eigenvalue weighted by atomic mass is 15.3. The molecule has 0 spiro atoms. The molecule has 3 atom stereocenters. The van der Waals surface area contributed by atoms with Crippen LogP contribution < -0.4 is 15.5 Å². The summed E-state index contributed by atoms with van der Waals surface area (Å²) in [4.78, 5) is 31.8. The minimum Gasteiger partial charge on any atom is -0.316 e. The molecule has 3 aliphatic heterocycles. The fourth-order valence-corrected chi connectivity index (χ4v) is 7.51. The van der Waals surface area contributed by atoms with E-state index in [0.717, 1.165) is 68.0 Å². The summed E-state index contributed by atoms with van der Waals surface area (Å²) in [5.41, 5.74) is 8.41. The average Bonchev–Trinajstić information content (AvgIpc) is 3.39. The zero-order chi connectivity index (χ0) is 31.6. The van der Waals surface area contributed by atoms with Crippen LogP contribution in [-0.4, -0.2) is 38.4 Å². The Morgan fingerprint density at radius 1 is 0.766 bits per heavy atom. The Morgan fingerprint density at radius 3 is 2.51 bits per heavy atom. The van der Waals surface area contributed by atoms with Crippen LogP contribution in [0, 0.1) is 5.41 Å². The zero-order valence-electron chi connectivity index (χ0n) is 26.1. The van der Waals surface area contributed by atoms with E-state index < -0.39 is 0 Å². The fourth-order valence-electron chi connectivity index (χ4n) is 7.51. The summed E-state index contributed by atoms with van der Waals surface area (Å²) < 4.78 is 0. The first-order valence-electron chi connectivity index (χ1n) is 15.9. The summed E-state index contributed by atoms with van der Waals surface area (Å²) in [7, 11) is 0. The van der Waals surface area contributed by atoms with Crippen molar-refractivity contribution in [3.8, 4) is 22.5 Å². The summed E-state index contributed by atoms with van der Waals surface area (Å²) in [6.45, 7) is 4.43. The first-order chi connectivity index (χ1) is 23.0. The predicted molar refractivity (Wildman–Crippen MR) is 188 cm³/mol. The summed E-state index contributed by atoms with van der Waals surface area (Å²) in [6.07, 6.45) is 18.7. The summed E-state index contributed by atoms with van der Waals surface area (Å²) in [6, 6.07) is 27.2. The van der Waals surface area contributed by atoms with Crippen LogP contribution in [0.25, 0.3) is 33.8 Å². The van der Waals surface area contributed by atoms with Gasteiger partial charge >= 0.3 is 0 Å². The molecule has 7 heterocycles. The summed E-state index contributed by atoms with van der Waals surface area (Å²) >= 11 is 0. The molecule has 0 bridgehead atoms. The Kier molecular flexibility index (Phi) is 6.06.